The second-order valence-corrected chi connectivity index (χ2v) is 6.81. The molecule has 0 radical (unpaired) electrons. The first kappa shape index (κ1) is 13.6. The van der Waals surface area contributed by atoms with Crippen LogP contribution in [0.5, 0.6) is 0 Å². The number of likely N-dealkylation sites (N-methyl/N-ethyl adjacent to an activating group) is 1. The lowest BCUT2D eigenvalue weighted by Crippen LogP contribution is -2.66. The number of amides is 1. The lowest BCUT2D eigenvalue weighted by Gasteiger charge is -2.52. The maximum absolute atomic E-state index is 11.9. The Morgan fingerprint density at radius 2 is 2.00 bits per heavy atom. The van der Waals surface area contributed by atoms with Gasteiger partial charge in [0.05, 0.1) is 0 Å². The molecule has 1 N–H and O–H groups in total. The fourth-order valence-corrected chi connectivity index (χ4v) is 3.01. The molecule has 1 amide bonds. The number of nitrogens with zero attached hydrogens (tertiary/aromatic N) is 2. The second kappa shape index (κ2) is 4.38. The van der Waals surface area contributed by atoms with Crippen molar-refractivity contribution in [2.45, 2.75) is 32.4 Å². The Labute approximate surface area is 109 Å². The lowest BCUT2D eigenvalue weighted by molar-refractivity contribution is -0.0482. The quantitative estimate of drug-likeness (QED) is 0.751. The fraction of sp³-hybridized carbons (Fsp3) is 0.923. The van der Waals surface area contributed by atoms with Crippen LogP contribution in [-0.4, -0.2) is 67.8 Å². The minimum Gasteiger partial charge on any atom is -0.444 e. The topological polar surface area (TPSA) is 44.8 Å². The number of ether oxygens (including phenoxy) is 1. The van der Waals surface area contributed by atoms with Crippen LogP contribution in [0.2, 0.25) is 0 Å². The number of rotatable bonds is 1. The smallest absolute Gasteiger partial charge is 0.410 e. The maximum atomic E-state index is 11.9. The van der Waals surface area contributed by atoms with Gasteiger partial charge in [-0.2, -0.15) is 0 Å². The minimum absolute atomic E-state index is 0.183. The van der Waals surface area contributed by atoms with Crippen molar-refractivity contribution in [3.8, 4) is 0 Å². The van der Waals surface area contributed by atoms with Crippen LogP contribution in [0.4, 0.5) is 4.79 Å². The van der Waals surface area contributed by atoms with Gasteiger partial charge < -0.3 is 19.9 Å². The Bertz CT molecular complexity index is 330. The molecule has 2 heterocycles. The van der Waals surface area contributed by atoms with Gasteiger partial charge in [0.1, 0.15) is 5.60 Å². The van der Waals surface area contributed by atoms with Crippen LogP contribution in [0.3, 0.4) is 0 Å². The summed E-state index contributed by atoms with van der Waals surface area (Å²) in [5.41, 5.74) is -0.185. The van der Waals surface area contributed by atoms with Crippen LogP contribution in [-0.2, 0) is 4.74 Å². The molecule has 1 atom stereocenters. The Morgan fingerprint density at radius 3 is 2.50 bits per heavy atom. The van der Waals surface area contributed by atoms with Crippen molar-refractivity contribution < 1.29 is 9.53 Å². The van der Waals surface area contributed by atoms with Gasteiger partial charge in [-0.15, -0.1) is 0 Å². The van der Waals surface area contributed by atoms with Crippen molar-refractivity contribution in [1.29, 1.82) is 0 Å². The SMILES string of the molecule is CN(C)[C@H]1CNCC12CN(C(=O)OC(C)(C)C)C2. The summed E-state index contributed by atoms with van der Waals surface area (Å²) < 4.78 is 5.39. The Hall–Kier alpha value is -0.810. The highest BCUT2D eigenvalue weighted by molar-refractivity contribution is 5.69. The van der Waals surface area contributed by atoms with Crippen LogP contribution >= 0.6 is 0 Å². The summed E-state index contributed by atoms with van der Waals surface area (Å²) in [6.45, 7) is 9.32. The third-order valence-corrected chi connectivity index (χ3v) is 3.81. The standard InChI is InChI=1S/C13H25N3O2/c1-12(2,3)18-11(17)16-8-13(9-16)7-14-6-10(13)15(4)5/h10,14H,6-9H2,1-5H3/t10-/m0/s1. The predicted molar refractivity (Wildman–Crippen MR) is 70.6 cm³/mol. The highest BCUT2D eigenvalue weighted by atomic mass is 16.6. The highest BCUT2D eigenvalue weighted by Gasteiger charge is 2.54. The van der Waals surface area contributed by atoms with Crippen molar-refractivity contribution in [3.05, 3.63) is 0 Å². The molecule has 0 aromatic carbocycles. The maximum Gasteiger partial charge on any atom is 0.410 e. The number of carbonyl (C=O) groups excluding carboxylic acids is 1. The summed E-state index contributed by atoms with van der Waals surface area (Å²) >= 11 is 0. The first-order valence-corrected chi connectivity index (χ1v) is 6.59. The largest absolute Gasteiger partial charge is 0.444 e. The van der Waals surface area contributed by atoms with Crippen LogP contribution in [0, 0.1) is 5.41 Å². The Kier molecular flexibility index (Phi) is 3.32. The molecule has 2 fully saturated rings. The first-order chi connectivity index (χ1) is 8.23. The van der Waals surface area contributed by atoms with E-state index >= 15 is 0 Å². The summed E-state index contributed by atoms with van der Waals surface area (Å²) in [5, 5.41) is 3.43. The van der Waals surface area contributed by atoms with Gasteiger partial charge in [0.2, 0.25) is 0 Å². The lowest BCUT2D eigenvalue weighted by atomic mass is 9.75. The Balaban J connectivity index is 1.91. The van der Waals surface area contributed by atoms with Gasteiger partial charge in [0.25, 0.3) is 0 Å². The number of likely N-dealkylation sites (tertiary alicyclic amines) is 1. The van der Waals surface area contributed by atoms with Gasteiger partial charge in [-0.1, -0.05) is 0 Å². The van der Waals surface area contributed by atoms with Crippen molar-refractivity contribution in [2.24, 2.45) is 5.41 Å². The van der Waals surface area contributed by atoms with Gasteiger partial charge in [-0.3, -0.25) is 0 Å². The third kappa shape index (κ3) is 2.47. The monoisotopic (exact) mass is 255 g/mol. The molecule has 18 heavy (non-hydrogen) atoms. The molecule has 2 rings (SSSR count). The number of carbonyl (C=O) groups is 1. The number of hydrogen-bond donors (Lipinski definition) is 1. The van der Waals surface area contributed by atoms with Crippen molar-refractivity contribution in [3.63, 3.8) is 0 Å². The first-order valence-electron chi connectivity index (χ1n) is 6.59. The number of hydrogen-bond acceptors (Lipinski definition) is 4. The number of nitrogens with one attached hydrogen (secondary N) is 1. The molecule has 2 aliphatic rings. The van der Waals surface area contributed by atoms with Gasteiger partial charge in [0.15, 0.2) is 0 Å². The van der Waals surface area contributed by atoms with E-state index in [2.05, 4.69) is 24.3 Å². The molecule has 5 heteroatoms. The summed E-state index contributed by atoms with van der Waals surface area (Å²) in [6.07, 6.45) is -0.183. The van der Waals surface area contributed by atoms with E-state index in [9.17, 15) is 4.79 Å². The molecular formula is C13H25N3O2. The third-order valence-electron chi connectivity index (χ3n) is 3.81. The summed E-state index contributed by atoms with van der Waals surface area (Å²) in [5.74, 6) is 0. The molecule has 0 saturated carbocycles. The van der Waals surface area contributed by atoms with Gasteiger partial charge in [0, 0.05) is 37.6 Å². The molecule has 0 unspecified atom stereocenters. The van der Waals surface area contributed by atoms with Crippen LogP contribution < -0.4 is 5.32 Å². The zero-order valence-electron chi connectivity index (χ0n) is 12.1. The van der Waals surface area contributed by atoms with E-state index in [0.29, 0.717) is 6.04 Å². The minimum atomic E-state index is -0.408. The molecule has 104 valence electrons. The molecule has 5 nitrogen and oxygen atoms in total. The summed E-state index contributed by atoms with van der Waals surface area (Å²) in [7, 11) is 4.21. The average molecular weight is 255 g/mol. The van der Waals surface area contributed by atoms with Gasteiger partial charge in [-0.05, 0) is 34.9 Å². The van der Waals surface area contributed by atoms with Crippen molar-refractivity contribution in [2.75, 3.05) is 40.3 Å². The molecular weight excluding hydrogens is 230 g/mol. The van der Waals surface area contributed by atoms with Crippen LogP contribution in [0.1, 0.15) is 20.8 Å². The predicted octanol–water partition coefficient (Wildman–Crippen LogP) is 0.757. The molecule has 2 saturated heterocycles. The van der Waals surface area contributed by atoms with E-state index in [1.165, 1.54) is 0 Å². The van der Waals surface area contributed by atoms with Crippen molar-refractivity contribution >= 4 is 6.09 Å². The van der Waals surface area contributed by atoms with Gasteiger partial charge in [-0.25, -0.2) is 4.79 Å². The van der Waals surface area contributed by atoms with Crippen LogP contribution in [0.15, 0.2) is 0 Å². The molecule has 0 aromatic heterocycles. The zero-order chi connectivity index (χ0) is 13.6. The average Bonchev–Trinajstić information content (AvgIpc) is 2.55. The van der Waals surface area contributed by atoms with Gasteiger partial charge >= 0.3 is 6.09 Å². The molecule has 0 aromatic rings. The van der Waals surface area contributed by atoms with E-state index in [1.54, 1.807) is 0 Å². The van der Waals surface area contributed by atoms with Crippen molar-refractivity contribution in [1.82, 2.24) is 15.1 Å². The van der Waals surface area contributed by atoms with E-state index in [4.69, 9.17) is 4.74 Å². The molecule has 2 aliphatic heterocycles. The molecule has 0 aliphatic carbocycles. The second-order valence-electron chi connectivity index (χ2n) is 6.81. The highest BCUT2D eigenvalue weighted by Crippen LogP contribution is 2.38. The van der Waals surface area contributed by atoms with E-state index in [-0.39, 0.29) is 11.5 Å². The molecule has 0 bridgehead atoms. The zero-order valence-corrected chi connectivity index (χ0v) is 12.1. The van der Waals surface area contributed by atoms with E-state index in [1.807, 2.05) is 25.7 Å². The van der Waals surface area contributed by atoms with E-state index < -0.39 is 5.60 Å². The normalized spacial score (nSPS) is 26.6. The van der Waals surface area contributed by atoms with E-state index in [0.717, 1.165) is 26.2 Å². The Morgan fingerprint density at radius 1 is 1.39 bits per heavy atom. The summed E-state index contributed by atoms with van der Waals surface area (Å²) in [6, 6.07) is 0.510. The summed E-state index contributed by atoms with van der Waals surface area (Å²) in [4.78, 5) is 16.0. The molecule has 1 spiro atoms. The fourth-order valence-electron chi connectivity index (χ4n) is 3.01. The van der Waals surface area contributed by atoms with Crippen LogP contribution in [0.25, 0.3) is 0 Å².